The minimum absolute atomic E-state index is 0.584. The number of hydrogen-bond donors (Lipinski definition) is 2. The molecule has 0 unspecified atom stereocenters. The summed E-state index contributed by atoms with van der Waals surface area (Å²) in [6.07, 6.45) is 7.70. The molecule has 2 aromatic rings. The Labute approximate surface area is 131 Å². The van der Waals surface area contributed by atoms with E-state index in [2.05, 4.69) is 22.8 Å². The molecule has 1 aromatic carbocycles. The molecule has 4 heteroatoms. The molecule has 0 radical (unpaired) electrons. The van der Waals surface area contributed by atoms with Crippen LogP contribution in [-0.2, 0) is 6.54 Å². The van der Waals surface area contributed by atoms with Crippen molar-refractivity contribution in [2.45, 2.75) is 57.2 Å². The molecule has 1 heterocycles. The Balaban J connectivity index is 1.46. The minimum Gasteiger partial charge on any atom is -0.459 e. The fraction of sp³-hybridized carbons (Fsp3) is 0.500. The zero-order valence-corrected chi connectivity index (χ0v) is 12.8. The molecule has 0 spiro atoms. The molecular formula is C18H23N3O. The fourth-order valence-electron chi connectivity index (χ4n) is 3.09. The minimum atomic E-state index is 0.584. The van der Waals surface area contributed by atoms with Gasteiger partial charge in [-0.25, -0.2) is 4.99 Å². The number of guanidine groups is 1. The second-order valence-corrected chi connectivity index (χ2v) is 6.46. The highest BCUT2D eigenvalue weighted by Crippen LogP contribution is 2.21. The van der Waals surface area contributed by atoms with Crippen LogP contribution in [-0.4, -0.2) is 18.0 Å². The van der Waals surface area contributed by atoms with Gasteiger partial charge in [0.1, 0.15) is 17.9 Å². The molecule has 0 bridgehead atoms. The maximum atomic E-state index is 5.85. The van der Waals surface area contributed by atoms with Gasteiger partial charge in [-0.05, 0) is 37.8 Å². The Morgan fingerprint density at radius 1 is 1.05 bits per heavy atom. The average molecular weight is 297 g/mol. The van der Waals surface area contributed by atoms with Crippen molar-refractivity contribution in [2.24, 2.45) is 4.99 Å². The molecule has 4 nitrogen and oxygen atoms in total. The molecule has 116 valence electrons. The number of nitrogens with zero attached hydrogens (tertiary/aromatic N) is 1. The summed E-state index contributed by atoms with van der Waals surface area (Å²) in [7, 11) is 0. The normalized spacial score (nSPS) is 19.7. The maximum Gasteiger partial charge on any atom is 0.192 e. The number of fused-ring (bicyclic) bond motifs is 1. The second kappa shape index (κ2) is 6.03. The molecule has 2 fully saturated rings. The van der Waals surface area contributed by atoms with Crippen LogP contribution in [0.1, 0.15) is 44.3 Å². The van der Waals surface area contributed by atoms with Gasteiger partial charge in [-0.2, -0.15) is 0 Å². The van der Waals surface area contributed by atoms with Crippen LogP contribution in [0.25, 0.3) is 11.0 Å². The number of benzene rings is 1. The second-order valence-electron chi connectivity index (χ2n) is 6.46. The molecule has 2 aliphatic carbocycles. The van der Waals surface area contributed by atoms with Crippen LogP contribution in [0.3, 0.4) is 0 Å². The molecule has 0 amide bonds. The standard InChI is InChI=1S/C18H23N3O/c1-4-8-17-13(5-1)11-16(22-17)12-19-18(21-15-9-10-15)20-14-6-2-3-7-14/h1,4-5,8,11,14-15H,2-3,6-7,9-10,12H2,(H2,19,20,21). The Morgan fingerprint density at radius 2 is 1.77 bits per heavy atom. The van der Waals surface area contributed by atoms with Crippen LogP contribution in [0, 0.1) is 0 Å². The van der Waals surface area contributed by atoms with Crippen LogP contribution in [0.5, 0.6) is 0 Å². The first-order chi connectivity index (χ1) is 10.9. The summed E-state index contributed by atoms with van der Waals surface area (Å²) < 4.78 is 5.85. The molecule has 4 rings (SSSR count). The van der Waals surface area contributed by atoms with E-state index in [0.29, 0.717) is 18.6 Å². The van der Waals surface area contributed by atoms with E-state index in [1.807, 2.05) is 18.2 Å². The number of aliphatic imine (C=N–C) groups is 1. The lowest BCUT2D eigenvalue weighted by Gasteiger charge is -2.16. The van der Waals surface area contributed by atoms with Gasteiger partial charge in [0.15, 0.2) is 5.96 Å². The topological polar surface area (TPSA) is 49.6 Å². The Bertz CT molecular complexity index is 633. The van der Waals surface area contributed by atoms with Gasteiger partial charge in [-0.15, -0.1) is 0 Å². The molecular weight excluding hydrogens is 274 g/mol. The Hall–Kier alpha value is -1.97. The molecule has 0 aliphatic heterocycles. The molecule has 1 aromatic heterocycles. The highest BCUT2D eigenvalue weighted by molar-refractivity contribution is 5.81. The van der Waals surface area contributed by atoms with Crippen LogP contribution in [0.15, 0.2) is 39.7 Å². The van der Waals surface area contributed by atoms with E-state index in [0.717, 1.165) is 22.7 Å². The van der Waals surface area contributed by atoms with Crippen molar-refractivity contribution in [3.05, 3.63) is 36.1 Å². The zero-order valence-electron chi connectivity index (χ0n) is 12.8. The third-order valence-corrected chi connectivity index (χ3v) is 4.48. The number of rotatable bonds is 4. The first-order valence-corrected chi connectivity index (χ1v) is 8.42. The van der Waals surface area contributed by atoms with E-state index in [1.54, 1.807) is 0 Å². The smallest absolute Gasteiger partial charge is 0.192 e. The van der Waals surface area contributed by atoms with Crippen molar-refractivity contribution in [3.8, 4) is 0 Å². The summed E-state index contributed by atoms with van der Waals surface area (Å²) in [5.41, 5.74) is 0.938. The van der Waals surface area contributed by atoms with Crippen LogP contribution >= 0.6 is 0 Å². The number of para-hydroxylation sites is 1. The van der Waals surface area contributed by atoms with Gasteiger partial charge in [0.05, 0.1) is 0 Å². The van der Waals surface area contributed by atoms with Crippen LogP contribution < -0.4 is 10.6 Å². The maximum absolute atomic E-state index is 5.85. The highest BCUT2D eigenvalue weighted by Gasteiger charge is 2.24. The SMILES string of the molecule is c1ccc2oc(CN=C(NC3CCCC3)NC3CC3)cc2c1. The zero-order chi connectivity index (χ0) is 14.8. The Kier molecular flexibility index (Phi) is 3.75. The van der Waals surface area contributed by atoms with Crippen molar-refractivity contribution in [3.63, 3.8) is 0 Å². The lowest BCUT2D eigenvalue weighted by atomic mass is 10.2. The van der Waals surface area contributed by atoms with E-state index < -0.39 is 0 Å². The van der Waals surface area contributed by atoms with Crippen molar-refractivity contribution in [2.75, 3.05) is 0 Å². The number of furan rings is 1. The van der Waals surface area contributed by atoms with Crippen molar-refractivity contribution in [1.29, 1.82) is 0 Å². The third kappa shape index (κ3) is 3.26. The first kappa shape index (κ1) is 13.7. The van der Waals surface area contributed by atoms with Gasteiger partial charge in [0.2, 0.25) is 0 Å². The largest absolute Gasteiger partial charge is 0.459 e. The summed E-state index contributed by atoms with van der Waals surface area (Å²) in [5, 5.41) is 8.25. The summed E-state index contributed by atoms with van der Waals surface area (Å²) in [4.78, 5) is 4.73. The van der Waals surface area contributed by atoms with Gasteiger partial charge in [-0.1, -0.05) is 31.0 Å². The quantitative estimate of drug-likeness (QED) is 0.670. The molecule has 2 aliphatic rings. The van der Waals surface area contributed by atoms with Crippen molar-refractivity contribution >= 4 is 16.9 Å². The first-order valence-electron chi connectivity index (χ1n) is 8.42. The van der Waals surface area contributed by atoms with Gasteiger partial charge in [-0.3, -0.25) is 0 Å². The van der Waals surface area contributed by atoms with E-state index in [-0.39, 0.29) is 0 Å². The molecule has 2 saturated carbocycles. The number of nitrogens with one attached hydrogen (secondary N) is 2. The average Bonchev–Trinajstić information content (AvgIpc) is 3.03. The molecule has 0 atom stereocenters. The van der Waals surface area contributed by atoms with Crippen molar-refractivity contribution in [1.82, 2.24) is 10.6 Å². The predicted molar refractivity (Wildman–Crippen MR) is 88.9 cm³/mol. The van der Waals surface area contributed by atoms with Gasteiger partial charge >= 0.3 is 0 Å². The lowest BCUT2D eigenvalue weighted by molar-refractivity contribution is 0.549. The van der Waals surface area contributed by atoms with E-state index in [9.17, 15) is 0 Å². The molecule has 0 saturated heterocycles. The van der Waals surface area contributed by atoms with Gasteiger partial charge < -0.3 is 15.1 Å². The summed E-state index contributed by atoms with van der Waals surface area (Å²) >= 11 is 0. The number of hydrogen-bond acceptors (Lipinski definition) is 2. The summed E-state index contributed by atoms with van der Waals surface area (Å²) in [6.45, 7) is 0.587. The van der Waals surface area contributed by atoms with Crippen LogP contribution in [0.4, 0.5) is 0 Å². The molecule has 2 N–H and O–H groups in total. The lowest BCUT2D eigenvalue weighted by Crippen LogP contribution is -2.43. The summed E-state index contributed by atoms with van der Waals surface area (Å²) in [6, 6.07) is 11.4. The third-order valence-electron chi connectivity index (χ3n) is 4.48. The summed E-state index contributed by atoms with van der Waals surface area (Å²) in [5.74, 6) is 1.87. The fourth-order valence-corrected chi connectivity index (χ4v) is 3.09. The van der Waals surface area contributed by atoms with Crippen molar-refractivity contribution < 1.29 is 4.42 Å². The van der Waals surface area contributed by atoms with Crippen LogP contribution in [0.2, 0.25) is 0 Å². The monoisotopic (exact) mass is 297 g/mol. The molecule has 22 heavy (non-hydrogen) atoms. The van der Waals surface area contributed by atoms with E-state index >= 15 is 0 Å². The highest BCUT2D eigenvalue weighted by atomic mass is 16.3. The van der Waals surface area contributed by atoms with Gasteiger partial charge in [0.25, 0.3) is 0 Å². The van der Waals surface area contributed by atoms with Gasteiger partial charge in [0, 0.05) is 17.5 Å². The Morgan fingerprint density at radius 3 is 2.50 bits per heavy atom. The van der Waals surface area contributed by atoms with E-state index in [4.69, 9.17) is 9.41 Å². The van der Waals surface area contributed by atoms with E-state index in [1.165, 1.54) is 38.5 Å². The predicted octanol–water partition coefficient (Wildman–Crippen LogP) is 3.57.